The van der Waals surface area contributed by atoms with E-state index in [2.05, 4.69) is 9.36 Å². The Bertz CT molecular complexity index is 634. The first-order valence-electron chi connectivity index (χ1n) is 5.99. The summed E-state index contributed by atoms with van der Waals surface area (Å²) in [5.74, 6) is -0.289. The maximum absolute atomic E-state index is 12.0. The lowest BCUT2D eigenvalue weighted by Gasteiger charge is -2.13. The van der Waals surface area contributed by atoms with E-state index < -0.39 is 5.97 Å². The van der Waals surface area contributed by atoms with Crippen LogP contribution in [0, 0.1) is 6.92 Å². The smallest absolute Gasteiger partial charge is 0.340 e. The standard InChI is InChI=1S/C13H16N2O3S/c1-6(2)11-10(13(17)18-4)7(3)9-8(5-16)15-19-12(9)14-11/h6,16H,5H2,1-4H3. The Hall–Kier alpha value is -1.53. The van der Waals surface area contributed by atoms with E-state index in [1.807, 2.05) is 20.8 Å². The molecule has 0 saturated heterocycles. The third kappa shape index (κ3) is 2.21. The molecule has 19 heavy (non-hydrogen) atoms. The number of carbonyl (C=O) groups excluding carboxylic acids is 1. The molecule has 0 aliphatic carbocycles. The highest BCUT2D eigenvalue weighted by molar-refractivity contribution is 7.13. The monoisotopic (exact) mass is 280 g/mol. The third-order valence-electron chi connectivity index (χ3n) is 3.06. The van der Waals surface area contributed by atoms with Gasteiger partial charge in [-0.05, 0) is 29.9 Å². The van der Waals surface area contributed by atoms with Crippen LogP contribution in [0.4, 0.5) is 0 Å². The summed E-state index contributed by atoms with van der Waals surface area (Å²) in [6.07, 6.45) is 0. The van der Waals surface area contributed by atoms with Gasteiger partial charge in [-0.3, -0.25) is 0 Å². The van der Waals surface area contributed by atoms with Crippen molar-refractivity contribution < 1.29 is 14.6 Å². The molecule has 0 bridgehead atoms. The molecule has 0 aromatic carbocycles. The van der Waals surface area contributed by atoms with Gasteiger partial charge in [0.25, 0.3) is 0 Å². The lowest BCUT2D eigenvalue weighted by Crippen LogP contribution is -2.12. The molecule has 0 aliphatic heterocycles. The van der Waals surface area contributed by atoms with Crippen molar-refractivity contribution >= 4 is 27.7 Å². The molecule has 102 valence electrons. The van der Waals surface area contributed by atoms with Crippen molar-refractivity contribution in [2.75, 3.05) is 7.11 Å². The normalized spacial score (nSPS) is 11.3. The molecular weight excluding hydrogens is 264 g/mol. The Morgan fingerprint density at radius 1 is 1.47 bits per heavy atom. The number of ether oxygens (including phenoxy) is 1. The maximum atomic E-state index is 12.0. The minimum Gasteiger partial charge on any atom is -0.465 e. The SMILES string of the molecule is COC(=O)c1c(C(C)C)nc2snc(CO)c2c1C. The number of hydrogen-bond donors (Lipinski definition) is 1. The summed E-state index contributed by atoms with van der Waals surface area (Å²) in [5.41, 5.74) is 2.54. The van der Waals surface area contributed by atoms with Gasteiger partial charge in [-0.1, -0.05) is 13.8 Å². The number of pyridine rings is 1. The van der Waals surface area contributed by atoms with Gasteiger partial charge in [-0.2, -0.15) is 4.37 Å². The first-order valence-corrected chi connectivity index (χ1v) is 6.76. The highest BCUT2D eigenvalue weighted by Crippen LogP contribution is 2.31. The fraction of sp³-hybridized carbons (Fsp3) is 0.462. The molecule has 6 heteroatoms. The molecule has 0 aliphatic rings. The summed E-state index contributed by atoms with van der Waals surface area (Å²) in [6.45, 7) is 5.64. The van der Waals surface area contributed by atoms with Crippen LogP contribution >= 0.6 is 11.5 Å². The van der Waals surface area contributed by atoms with E-state index in [0.29, 0.717) is 17.0 Å². The van der Waals surface area contributed by atoms with E-state index in [9.17, 15) is 9.90 Å². The zero-order valence-electron chi connectivity index (χ0n) is 11.4. The number of methoxy groups -OCH3 is 1. The minimum atomic E-state index is -0.398. The fourth-order valence-electron chi connectivity index (χ4n) is 2.13. The minimum absolute atomic E-state index is 0.108. The molecule has 0 unspecified atom stereocenters. The highest BCUT2D eigenvalue weighted by atomic mass is 32.1. The topological polar surface area (TPSA) is 72.3 Å². The van der Waals surface area contributed by atoms with Gasteiger partial charge in [-0.15, -0.1) is 0 Å². The molecular formula is C13H16N2O3S. The Morgan fingerprint density at radius 3 is 2.68 bits per heavy atom. The number of aromatic nitrogens is 2. The quantitative estimate of drug-likeness (QED) is 0.874. The largest absolute Gasteiger partial charge is 0.465 e. The van der Waals surface area contributed by atoms with Crippen molar-refractivity contribution in [3.63, 3.8) is 0 Å². The summed E-state index contributed by atoms with van der Waals surface area (Å²) in [5, 5.41) is 10.1. The van der Waals surface area contributed by atoms with Gasteiger partial charge in [0.15, 0.2) is 0 Å². The van der Waals surface area contributed by atoms with Gasteiger partial charge in [0, 0.05) is 5.39 Å². The third-order valence-corrected chi connectivity index (χ3v) is 3.84. The molecule has 0 amide bonds. The van der Waals surface area contributed by atoms with Crippen LogP contribution < -0.4 is 0 Å². The number of fused-ring (bicyclic) bond motifs is 1. The summed E-state index contributed by atoms with van der Waals surface area (Å²) in [4.78, 5) is 17.2. The van der Waals surface area contributed by atoms with Crippen molar-refractivity contribution in [3.05, 3.63) is 22.5 Å². The van der Waals surface area contributed by atoms with Crippen LogP contribution in [-0.4, -0.2) is 27.5 Å². The number of esters is 1. The van der Waals surface area contributed by atoms with E-state index in [-0.39, 0.29) is 12.5 Å². The van der Waals surface area contributed by atoms with Crippen molar-refractivity contribution in [3.8, 4) is 0 Å². The zero-order valence-corrected chi connectivity index (χ0v) is 12.2. The van der Waals surface area contributed by atoms with Crippen LogP contribution in [0.15, 0.2) is 0 Å². The van der Waals surface area contributed by atoms with E-state index in [0.717, 1.165) is 15.8 Å². The molecule has 2 aromatic heterocycles. The first-order chi connectivity index (χ1) is 9.01. The summed E-state index contributed by atoms with van der Waals surface area (Å²) < 4.78 is 9.03. The first kappa shape index (κ1) is 13.9. The number of aryl methyl sites for hydroxylation is 1. The Morgan fingerprint density at radius 2 is 2.16 bits per heavy atom. The molecule has 0 atom stereocenters. The second-order valence-corrected chi connectivity index (χ2v) is 5.36. The molecule has 2 heterocycles. The summed E-state index contributed by atoms with van der Waals surface area (Å²) in [6, 6.07) is 0. The van der Waals surface area contributed by atoms with Gasteiger partial charge >= 0.3 is 5.97 Å². The van der Waals surface area contributed by atoms with E-state index in [4.69, 9.17) is 4.74 Å². The molecule has 2 rings (SSSR count). The lowest BCUT2D eigenvalue weighted by molar-refractivity contribution is 0.0598. The van der Waals surface area contributed by atoms with Crippen molar-refractivity contribution in [2.45, 2.75) is 33.3 Å². The van der Waals surface area contributed by atoms with Crippen LogP contribution in [0.1, 0.15) is 47.1 Å². The van der Waals surface area contributed by atoms with E-state index >= 15 is 0 Å². The van der Waals surface area contributed by atoms with Gasteiger partial charge in [0.05, 0.1) is 30.7 Å². The molecule has 5 nitrogen and oxygen atoms in total. The molecule has 1 N–H and O–H groups in total. The Kier molecular flexibility index (Phi) is 3.82. The van der Waals surface area contributed by atoms with Gasteiger partial charge in [0.2, 0.25) is 0 Å². The molecule has 0 saturated carbocycles. The number of aliphatic hydroxyl groups is 1. The second-order valence-electron chi connectivity index (χ2n) is 4.61. The number of rotatable bonds is 3. The Balaban J connectivity index is 2.84. The van der Waals surface area contributed by atoms with Crippen LogP contribution in [0.2, 0.25) is 0 Å². The molecule has 2 aromatic rings. The number of nitrogens with zero attached hydrogens (tertiary/aromatic N) is 2. The van der Waals surface area contributed by atoms with E-state index in [1.54, 1.807) is 0 Å². The van der Waals surface area contributed by atoms with Crippen LogP contribution in [-0.2, 0) is 11.3 Å². The average molecular weight is 280 g/mol. The van der Waals surface area contributed by atoms with Crippen LogP contribution in [0.25, 0.3) is 10.2 Å². The summed E-state index contributed by atoms with van der Waals surface area (Å²) in [7, 11) is 1.36. The maximum Gasteiger partial charge on any atom is 0.340 e. The van der Waals surface area contributed by atoms with Gasteiger partial charge in [-0.25, -0.2) is 9.78 Å². The number of aliphatic hydroxyl groups excluding tert-OH is 1. The summed E-state index contributed by atoms with van der Waals surface area (Å²) >= 11 is 1.24. The van der Waals surface area contributed by atoms with Gasteiger partial charge in [0.1, 0.15) is 4.83 Å². The molecule has 0 spiro atoms. The van der Waals surface area contributed by atoms with Crippen molar-refractivity contribution in [1.82, 2.24) is 9.36 Å². The van der Waals surface area contributed by atoms with Crippen molar-refractivity contribution in [2.24, 2.45) is 0 Å². The van der Waals surface area contributed by atoms with Crippen molar-refractivity contribution in [1.29, 1.82) is 0 Å². The zero-order chi connectivity index (χ0) is 14.2. The van der Waals surface area contributed by atoms with Crippen LogP contribution in [0.3, 0.4) is 0 Å². The predicted molar refractivity (Wildman–Crippen MR) is 73.5 cm³/mol. The second kappa shape index (κ2) is 5.22. The molecule has 0 radical (unpaired) electrons. The fourth-order valence-corrected chi connectivity index (χ4v) is 2.98. The Labute approximate surface area is 115 Å². The highest BCUT2D eigenvalue weighted by Gasteiger charge is 2.23. The van der Waals surface area contributed by atoms with Crippen LogP contribution in [0.5, 0.6) is 0 Å². The van der Waals surface area contributed by atoms with Gasteiger partial charge < -0.3 is 9.84 Å². The number of hydrogen-bond acceptors (Lipinski definition) is 6. The predicted octanol–water partition coefficient (Wildman–Crippen LogP) is 2.40. The lowest BCUT2D eigenvalue weighted by atomic mass is 9.97. The molecule has 0 fully saturated rings. The van der Waals surface area contributed by atoms with E-state index in [1.165, 1.54) is 18.6 Å². The average Bonchev–Trinajstić information content (AvgIpc) is 2.80. The number of carbonyl (C=O) groups is 1.